The van der Waals surface area contributed by atoms with Gasteiger partial charge >= 0.3 is 0 Å². The SMILES string of the molecule is COC[C@H]1CCCN1C[C@H]1CN2CC[C@H]1C[C@@H]2CNS(=O)(=O)c1ccccc1. The van der Waals surface area contributed by atoms with E-state index < -0.39 is 10.0 Å². The Hall–Kier alpha value is -0.990. The van der Waals surface area contributed by atoms with Crippen LogP contribution in [-0.2, 0) is 14.8 Å². The molecule has 0 aromatic heterocycles. The van der Waals surface area contributed by atoms with E-state index in [-0.39, 0.29) is 0 Å². The van der Waals surface area contributed by atoms with Crippen molar-refractivity contribution < 1.29 is 13.2 Å². The molecule has 156 valence electrons. The van der Waals surface area contributed by atoms with Crippen LogP contribution < -0.4 is 4.72 Å². The van der Waals surface area contributed by atoms with Gasteiger partial charge in [-0.05, 0) is 62.7 Å². The van der Waals surface area contributed by atoms with E-state index in [2.05, 4.69) is 14.5 Å². The fraction of sp³-hybridized carbons (Fsp3) is 0.714. The van der Waals surface area contributed by atoms with E-state index in [1.165, 1.54) is 25.8 Å². The van der Waals surface area contributed by atoms with Crippen LogP contribution in [0.25, 0.3) is 0 Å². The second-order valence-corrected chi connectivity index (χ2v) is 10.4. The summed E-state index contributed by atoms with van der Waals surface area (Å²) < 4.78 is 33.3. The van der Waals surface area contributed by atoms with E-state index in [0.717, 1.165) is 32.7 Å². The van der Waals surface area contributed by atoms with Crippen molar-refractivity contribution in [2.45, 2.75) is 42.7 Å². The number of likely N-dealkylation sites (tertiary alicyclic amines) is 1. The molecular weight excluding hydrogens is 374 g/mol. The molecule has 4 aliphatic heterocycles. The minimum absolute atomic E-state index is 0.321. The Morgan fingerprint density at radius 3 is 2.68 bits per heavy atom. The number of ether oxygens (including phenoxy) is 1. The van der Waals surface area contributed by atoms with E-state index in [9.17, 15) is 8.42 Å². The largest absolute Gasteiger partial charge is 0.383 e. The molecule has 4 saturated heterocycles. The van der Waals surface area contributed by atoms with Gasteiger partial charge in [0.05, 0.1) is 11.5 Å². The molecule has 1 N–H and O–H groups in total. The molecule has 5 rings (SSSR count). The minimum atomic E-state index is -3.42. The first-order chi connectivity index (χ1) is 13.6. The lowest BCUT2D eigenvalue weighted by molar-refractivity contribution is -0.0156. The van der Waals surface area contributed by atoms with E-state index in [4.69, 9.17) is 4.74 Å². The van der Waals surface area contributed by atoms with Gasteiger partial charge in [-0.3, -0.25) is 9.80 Å². The molecule has 0 aliphatic carbocycles. The Balaban J connectivity index is 1.32. The highest BCUT2D eigenvalue weighted by Gasteiger charge is 2.41. The molecule has 0 spiro atoms. The van der Waals surface area contributed by atoms with Crippen LogP contribution in [-0.4, -0.2) is 76.7 Å². The zero-order valence-electron chi connectivity index (χ0n) is 16.8. The number of hydrogen-bond acceptors (Lipinski definition) is 5. The standard InChI is InChI=1S/C21H33N3O3S/c1-27-16-19-6-5-10-23(19)14-18-15-24-11-9-17(18)12-20(24)13-22-28(25,26)21-7-3-2-4-8-21/h2-4,7-8,17-20,22H,5-6,9-16H2,1H3/t17-,18-,19+,20+/m0/s1. The van der Waals surface area contributed by atoms with Gasteiger partial charge in [-0.25, -0.2) is 13.1 Å². The van der Waals surface area contributed by atoms with Crippen LogP contribution in [0.15, 0.2) is 35.2 Å². The topological polar surface area (TPSA) is 61.9 Å². The molecule has 28 heavy (non-hydrogen) atoms. The molecule has 0 amide bonds. The van der Waals surface area contributed by atoms with Crippen LogP contribution in [0.5, 0.6) is 0 Å². The van der Waals surface area contributed by atoms with Gasteiger partial charge in [0.1, 0.15) is 0 Å². The van der Waals surface area contributed by atoms with Crippen molar-refractivity contribution in [1.82, 2.24) is 14.5 Å². The van der Waals surface area contributed by atoms with Crippen LogP contribution >= 0.6 is 0 Å². The first-order valence-corrected chi connectivity index (χ1v) is 12.1. The van der Waals surface area contributed by atoms with Crippen LogP contribution in [0.4, 0.5) is 0 Å². The first kappa shape index (κ1) is 20.3. The molecule has 1 unspecified atom stereocenters. The second kappa shape index (κ2) is 8.79. The summed E-state index contributed by atoms with van der Waals surface area (Å²) in [7, 11) is -1.62. The highest BCUT2D eigenvalue weighted by molar-refractivity contribution is 7.89. The lowest BCUT2D eigenvalue weighted by atomic mass is 9.75. The normalized spacial score (nSPS) is 33.4. The van der Waals surface area contributed by atoms with Gasteiger partial charge in [0.25, 0.3) is 0 Å². The highest BCUT2D eigenvalue weighted by atomic mass is 32.2. The fourth-order valence-corrected chi connectivity index (χ4v) is 6.47. The Morgan fingerprint density at radius 2 is 1.96 bits per heavy atom. The Labute approximate surface area is 169 Å². The van der Waals surface area contributed by atoms with Crippen molar-refractivity contribution in [2.75, 3.05) is 46.4 Å². The summed E-state index contributed by atoms with van der Waals surface area (Å²) in [5, 5.41) is 0. The third kappa shape index (κ3) is 4.44. The summed E-state index contributed by atoms with van der Waals surface area (Å²) in [4.78, 5) is 5.49. The Bertz CT molecular complexity index is 743. The van der Waals surface area contributed by atoms with Gasteiger partial charge in [-0.15, -0.1) is 0 Å². The molecule has 7 heteroatoms. The minimum Gasteiger partial charge on any atom is -0.383 e. The summed E-state index contributed by atoms with van der Waals surface area (Å²) in [5.74, 6) is 1.41. The molecule has 4 aliphatic rings. The van der Waals surface area contributed by atoms with E-state index in [1.54, 1.807) is 31.4 Å². The maximum atomic E-state index is 12.5. The van der Waals surface area contributed by atoms with Crippen molar-refractivity contribution in [3.8, 4) is 0 Å². The van der Waals surface area contributed by atoms with Crippen LogP contribution in [0.2, 0.25) is 0 Å². The molecule has 1 aromatic carbocycles. The van der Waals surface area contributed by atoms with Gasteiger partial charge in [0.2, 0.25) is 10.0 Å². The fourth-order valence-electron chi connectivity index (χ4n) is 5.38. The number of rotatable bonds is 8. The van der Waals surface area contributed by atoms with Gasteiger partial charge < -0.3 is 4.74 Å². The molecule has 1 aromatic rings. The number of sulfonamides is 1. The number of nitrogens with zero attached hydrogens (tertiary/aromatic N) is 2. The number of hydrogen-bond donors (Lipinski definition) is 1. The quantitative estimate of drug-likeness (QED) is 0.712. The van der Waals surface area contributed by atoms with Crippen molar-refractivity contribution >= 4 is 10.0 Å². The zero-order valence-corrected chi connectivity index (χ0v) is 17.6. The predicted molar refractivity (Wildman–Crippen MR) is 110 cm³/mol. The van der Waals surface area contributed by atoms with Crippen molar-refractivity contribution in [3.63, 3.8) is 0 Å². The Morgan fingerprint density at radius 1 is 1.14 bits per heavy atom. The summed E-state index contributed by atoms with van der Waals surface area (Å²) in [5.41, 5.74) is 0. The average molecular weight is 408 g/mol. The number of methoxy groups -OCH3 is 1. The molecule has 0 radical (unpaired) electrons. The molecule has 5 atom stereocenters. The molecule has 4 fully saturated rings. The number of benzene rings is 1. The van der Waals surface area contributed by atoms with Crippen LogP contribution in [0.3, 0.4) is 0 Å². The zero-order chi connectivity index (χ0) is 19.6. The molecular formula is C21H33N3O3S. The third-order valence-electron chi connectivity index (χ3n) is 6.90. The number of fused-ring (bicyclic) bond motifs is 3. The van der Waals surface area contributed by atoms with Gasteiger partial charge in [-0.2, -0.15) is 0 Å². The summed E-state index contributed by atoms with van der Waals surface area (Å²) in [6.45, 7) is 5.90. The monoisotopic (exact) mass is 407 g/mol. The number of piperidine rings is 3. The lowest BCUT2D eigenvalue weighted by Gasteiger charge is -2.51. The molecule has 2 bridgehead atoms. The summed E-state index contributed by atoms with van der Waals surface area (Å²) >= 11 is 0. The molecule has 0 saturated carbocycles. The second-order valence-electron chi connectivity index (χ2n) is 8.60. The smallest absolute Gasteiger partial charge is 0.240 e. The molecule has 6 nitrogen and oxygen atoms in total. The van der Waals surface area contributed by atoms with Gasteiger partial charge in [0, 0.05) is 38.8 Å². The van der Waals surface area contributed by atoms with Crippen LogP contribution in [0.1, 0.15) is 25.7 Å². The highest BCUT2D eigenvalue weighted by Crippen LogP contribution is 2.37. The maximum Gasteiger partial charge on any atom is 0.240 e. The summed E-state index contributed by atoms with van der Waals surface area (Å²) in [6.07, 6.45) is 4.87. The van der Waals surface area contributed by atoms with Crippen molar-refractivity contribution in [3.05, 3.63) is 30.3 Å². The van der Waals surface area contributed by atoms with Gasteiger partial charge in [0.15, 0.2) is 0 Å². The van der Waals surface area contributed by atoms with E-state index in [1.807, 2.05) is 6.07 Å². The lowest BCUT2D eigenvalue weighted by Crippen LogP contribution is -2.58. The average Bonchev–Trinajstić information content (AvgIpc) is 3.15. The van der Waals surface area contributed by atoms with Crippen molar-refractivity contribution in [2.24, 2.45) is 11.8 Å². The van der Waals surface area contributed by atoms with Crippen molar-refractivity contribution in [1.29, 1.82) is 0 Å². The third-order valence-corrected chi connectivity index (χ3v) is 8.34. The van der Waals surface area contributed by atoms with E-state index in [0.29, 0.717) is 35.4 Å². The van der Waals surface area contributed by atoms with E-state index >= 15 is 0 Å². The predicted octanol–water partition coefficient (Wildman–Crippen LogP) is 1.79. The maximum absolute atomic E-state index is 12.5. The summed E-state index contributed by atoms with van der Waals surface area (Å²) in [6, 6.07) is 9.57. The van der Waals surface area contributed by atoms with Gasteiger partial charge in [-0.1, -0.05) is 18.2 Å². The Kier molecular flexibility index (Phi) is 6.37. The van der Waals surface area contributed by atoms with Crippen LogP contribution in [0, 0.1) is 11.8 Å². The molecule has 4 heterocycles. The number of nitrogens with one attached hydrogen (secondary N) is 1. The first-order valence-electron chi connectivity index (χ1n) is 10.6.